The fraction of sp³-hybridized carbons (Fsp3) is 0.778. The van der Waals surface area contributed by atoms with Crippen molar-refractivity contribution in [2.45, 2.75) is 110 Å². The molecule has 0 bridgehead atoms. The molecule has 0 aliphatic carbocycles. The monoisotopic (exact) mass is 464 g/mol. The zero-order chi connectivity index (χ0) is 24.2. The maximum absolute atomic E-state index is 11.2. The van der Waals surface area contributed by atoms with Crippen molar-refractivity contribution >= 4 is 8.32 Å². The molecule has 4 atom stereocenters. The van der Waals surface area contributed by atoms with Crippen LogP contribution in [0.4, 0.5) is 0 Å². The molecule has 5 heteroatoms. The summed E-state index contributed by atoms with van der Waals surface area (Å²) in [5.41, 5.74) is 0.380. The van der Waals surface area contributed by atoms with Crippen LogP contribution in [0.3, 0.4) is 0 Å². The summed E-state index contributed by atoms with van der Waals surface area (Å²) in [6.45, 7) is 21.8. The Labute approximate surface area is 198 Å². The van der Waals surface area contributed by atoms with E-state index in [4.69, 9.17) is 13.9 Å². The largest absolute Gasteiger partial charge is 0.416 e. The summed E-state index contributed by atoms with van der Waals surface area (Å²) in [7, 11) is -1.85. The average molecular weight is 465 g/mol. The molecule has 1 aliphatic heterocycles. The Kier molecular flexibility index (Phi) is 9.19. The van der Waals surface area contributed by atoms with E-state index in [0.717, 1.165) is 25.9 Å². The van der Waals surface area contributed by atoms with Gasteiger partial charge in [0.1, 0.15) is 5.60 Å². The Morgan fingerprint density at radius 3 is 2.31 bits per heavy atom. The van der Waals surface area contributed by atoms with Gasteiger partial charge >= 0.3 is 0 Å². The van der Waals surface area contributed by atoms with Crippen LogP contribution in [0, 0.1) is 11.3 Å². The van der Waals surface area contributed by atoms with Gasteiger partial charge in [0.05, 0.1) is 18.8 Å². The molecule has 1 heterocycles. The lowest BCUT2D eigenvalue weighted by Crippen LogP contribution is -2.49. The molecule has 0 aromatic heterocycles. The van der Waals surface area contributed by atoms with Crippen LogP contribution in [-0.2, 0) is 20.5 Å². The number of rotatable bonds is 13. The first-order valence-electron chi connectivity index (χ1n) is 12.3. The van der Waals surface area contributed by atoms with Crippen LogP contribution in [0.2, 0.25) is 18.1 Å². The summed E-state index contributed by atoms with van der Waals surface area (Å²) in [6.07, 6.45) is 2.80. The van der Waals surface area contributed by atoms with Gasteiger partial charge in [0, 0.05) is 18.6 Å². The van der Waals surface area contributed by atoms with Gasteiger partial charge in [-0.25, -0.2) is 0 Å². The first kappa shape index (κ1) is 27.5. The SMILES string of the molecule is C[C@@H](CCCCOCc1ccccc1)[C@@H]1O[C@@]1(C)C(O)C(C)(C)CO[Si](C)(C)C(C)(C)C. The highest BCUT2D eigenvalue weighted by atomic mass is 28.4. The predicted octanol–water partition coefficient (Wildman–Crippen LogP) is 6.58. The second kappa shape index (κ2) is 10.7. The van der Waals surface area contributed by atoms with E-state index in [1.54, 1.807) is 0 Å². The van der Waals surface area contributed by atoms with Crippen LogP contribution in [0.25, 0.3) is 0 Å². The topological polar surface area (TPSA) is 51.2 Å². The van der Waals surface area contributed by atoms with Crippen molar-refractivity contribution < 1.29 is 19.0 Å². The van der Waals surface area contributed by atoms with E-state index < -0.39 is 20.0 Å². The summed E-state index contributed by atoms with van der Waals surface area (Å²) >= 11 is 0. The second-order valence-corrected chi connectivity index (χ2v) is 17.0. The zero-order valence-corrected chi connectivity index (χ0v) is 23.0. The van der Waals surface area contributed by atoms with Gasteiger partial charge in [-0.1, -0.05) is 78.3 Å². The first-order valence-corrected chi connectivity index (χ1v) is 15.2. The maximum Gasteiger partial charge on any atom is 0.192 e. The molecule has 4 nitrogen and oxygen atoms in total. The van der Waals surface area contributed by atoms with E-state index in [0.29, 0.717) is 19.1 Å². The van der Waals surface area contributed by atoms with Gasteiger partial charge in [-0.05, 0) is 49.4 Å². The third-order valence-corrected chi connectivity index (χ3v) is 12.1. The molecular weight excluding hydrogens is 416 g/mol. The molecule has 32 heavy (non-hydrogen) atoms. The lowest BCUT2D eigenvalue weighted by atomic mass is 9.77. The second-order valence-electron chi connectivity index (χ2n) is 12.2. The first-order chi connectivity index (χ1) is 14.7. The molecular formula is C27H48O4Si. The normalized spacial score (nSPS) is 23.8. The van der Waals surface area contributed by atoms with E-state index in [9.17, 15) is 5.11 Å². The molecule has 1 unspecified atom stereocenters. The third-order valence-electron chi connectivity index (χ3n) is 7.61. The summed E-state index contributed by atoms with van der Waals surface area (Å²) < 4.78 is 18.4. The summed E-state index contributed by atoms with van der Waals surface area (Å²) in [6, 6.07) is 10.3. The van der Waals surface area contributed by atoms with Crippen molar-refractivity contribution in [1.29, 1.82) is 0 Å². The van der Waals surface area contributed by atoms with Gasteiger partial charge < -0.3 is 19.0 Å². The minimum atomic E-state index is -1.85. The Hall–Kier alpha value is -0.723. The predicted molar refractivity (Wildman–Crippen MR) is 135 cm³/mol. The molecule has 2 rings (SSSR count). The van der Waals surface area contributed by atoms with Crippen LogP contribution in [0.15, 0.2) is 30.3 Å². The van der Waals surface area contributed by atoms with Crippen molar-refractivity contribution in [3.63, 3.8) is 0 Å². The number of benzene rings is 1. The fourth-order valence-electron chi connectivity index (χ4n) is 4.16. The molecule has 1 N–H and O–H groups in total. The van der Waals surface area contributed by atoms with Crippen molar-refractivity contribution in [3.05, 3.63) is 35.9 Å². The Morgan fingerprint density at radius 1 is 1.09 bits per heavy atom. The lowest BCUT2D eigenvalue weighted by molar-refractivity contribution is -0.0348. The van der Waals surface area contributed by atoms with E-state index >= 15 is 0 Å². The maximum atomic E-state index is 11.2. The van der Waals surface area contributed by atoms with Crippen molar-refractivity contribution in [2.24, 2.45) is 11.3 Å². The standard InChI is InChI=1S/C27H48O4Si/c1-21(15-13-14-18-29-19-22-16-11-10-12-17-22)23-27(7,31-23)24(28)26(5,6)20-30-32(8,9)25(2,3)4/h10-12,16-17,21,23-24,28H,13-15,18-20H2,1-9H3/t21-,23-,24?,27+/m0/s1. The molecule has 184 valence electrons. The van der Waals surface area contributed by atoms with Crippen LogP contribution in [-0.4, -0.2) is 44.4 Å². The number of hydrogen-bond donors (Lipinski definition) is 1. The Morgan fingerprint density at radius 2 is 1.72 bits per heavy atom. The fourth-order valence-corrected chi connectivity index (χ4v) is 5.33. The molecule has 1 aliphatic rings. The molecule has 1 aromatic carbocycles. The van der Waals surface area contributed by atoms with Crippen LogP contribution in [0.5, 0.6) is 0 Å². The van der Waals surface area contributed by atoms with Gasteiger partial charge in [-0.15, -0.1) is 0 Å². The molecule has 1 aromatic rings. The van der Waals surface area contributed by atoms with Gasteiger partial charge in [0.2, 0.25) is 0 Å². The minimum absolute atomic E-state index is 0.106. The molecule has 1 fully saturated rings. The smallest absolute Gasteiger partial charge is 0.192 e. The highest BCUT2D eigenvalue weighted by Crippen LogP contribution is 2.50. The molecule has 1 saturated heterocycles. The van der Waals surface area contributed by atoms with Crippen LogP contribution >= 0.6 is 0 Å². The highest BCUT2D eigenvalue weighted by Gasteiger charge is 2.62. The van der Waals surface area contributed by atoms with Crippen molar-refractivity contribution in [1.82, 2.24) is 0 Å². The number of unbranched alkanes of at least 4 members (excludes halogenated alkanes) is 1. The Bertz CT molecular complexity index is 697. The van der Waals surface area contributed by atoms with E-state index in [1.807, 2.05) is 18.2 Å². The van der Waals surface area contributed by atoms with Gasteiger partial charge in [0.25, 0.3) is 0 Å². The number of aliphatic hydroxyl groups excluding tert-OH is 1. The number of ether oxygens (including phenoxy) is 2. The molecule has 0 spiro atoms. The van der Waals surface area contributed by atoms with Gasteiger partial charge in [0.15, 0.2) is 8.32 Å². The van der Waals surface area contributed by atoms with Gasteiger partial charge in [-0.2, -0.15) is 0 Å². The molecule has 0 amide bonds. The van der Waals surface area contributed by atoms with Crippen LogP contribution in [0.1, 0.15) is 73.3 Å². The summed E-state index contributed by atoms with van der Waals surface area (Å²) in [5, 5.41) is 11.4. The molecule has 0 saturated carbocycles. The summed E-state index contributed by atoms with van der Waals surface area (Å²) in [5.74, 6) is 0.417. The quantitative estimate of drug-likeness (QED) is 0.204. The number of hydrogen-bond acceptors (Lipinski definition) is 4. The van der Waals surface area contributed by atoms with E-state index in [1.165, 1.54) is 5.56 Å². The zero-order valence-electron chi connectivity index (χ0n) is 22.0. The lowest BCUT2D eigenvalue weighted by Gasteiger charge is -2.41. The highest BCUT2D eigenvalue weighted by molar-refractivity contribution is 6.74. The van der Waals surface area contributed by atoms with E-state index in [-0.39, 0.29) is 16.6 Å². The van der Waals surface area contributed by atoms with Crippen molar-refractivity contribution in [3.8, 4) is 0 Å². The third kappa shape index (κ3) is 7.14. The Balaban J connectivity index is 1.73. The molecule has 0 radical (unpaired) electrons. The number of epoxide rings is 1. The summed E-state index contributed by atoms with van der Waals surface area (Å²) in [4.78, 5) is 0. The van der Waals surface area contributed by atoms with Crippen molar-refractivity contribution in [2.75, 3.05) is 13.2 Å². The van der Waals surface area contributed by atoms with Crippen LogP contribution < -0.4 is 0 Å². The van der Waals surface area contributed by atoms with Gasteiger partial charge in [-0.3, -0.25) is 0 Å². The average Bonchev–Trinajstić information content (AvgIpc) is 3.41. The number of aliphatic hydroxyl groups is 1. The minimum Gasteiger partial charge on any atom is -0.416 e. The van der Waals surface area contributed by atoms with E-state index in [2.05, 4.69) is 73.7 Å².